The van der Waals surface area contributed by atoms with E-state index in [1.165, 1.54) is 16.6 Å². The Morgan fingerprint density at radius 2 is 2.05 bits per heavy atom. The lowest BCUT2D eigenvalue weighted by Crippen LogP contribution is -2.42. The van der Waals surface area contributed by atoms with Gasteiger partial charge in [-0.15, -0.1) is 0 Å². The highest BCUT2D eigenvalue weighted by Gasteiger charge is 2.15. The second-order valence-corrected chi connectivity index (χ2v) is 5.20. The molecule has 1 fully saturated rings. The number of piperazine rings is 1. The maximum Gasteiger partial charge on any atom is 0.132 e. The van der Waals surface area contributed by atoms with Gasteiger partial charge in [0.2, 0.25) is 0 Å². The number of nitrogens with one attached hydrogen (secondary N) is 2. The van der Waals surface area contributed by atoms with Crippen molar-refractivity contribution in [3.05, 3.63) is 29.5 Å². The lowest BCUT2D eigenvalue weighted by molar-refractivity contribution is 0.230. The van der Waals surface area contributed by atoms with Gasteiger partial charge in [-0.1, -0.05) is 6.07 Å². The molecule has 1 aliphatic rings. The van der Waals surface area contributed by atoms with Crippen molar-refractivity contribution in [1.29, 1.82) is 0 Å². The second kappa shape index (κ2) is 5.23. The first-order valence-electron chi connectivity index (χ1n) is 6.86. The van der Waals surface area contributed by atoms with Gasteiger partial charge in [-0.2, -0.15) is 0 Å². The first-order valence-corrected chi connectivity index (χ1v) is 6.86. The number of H-pyrrole nitrogens is 1. The van der Waals surface area contributed by atoms with E-state index in [0.717, 1.165) is 44.0 Å². The zero-order valence-electron chi connectivity index (χ0n) is 11.6. The molecule has 2 heterocycles. The number of fused-ring (bicyclic) bond motifs is 1. The van der Waals surface area contributed by atoms with Gasteiger partial charge < -0.3 is 15.0 Å². The molecule has 0 atom stereocenters. The maximum atomic E-state index is 5.65. The highest BCUT2D eigenvalue weighted by molar-refractivity contribution is 5.88. The normalized spacial score (nSPS) is 16.9. The van der Waals surface area contributed by atoms with Crippen molar-refractivity contribution in [1.82, 2.24) is 15.2 Å². The number of nitrogens with zero attached hydrogens (tertiary/aromatic N) is 1. The van der Waals surface area contributed by atoms with E-state index in [4.69, 9.17) is 4.74 Å². The number of methoxy groups -OCH3 is 1. The summed E-state index contributed by atoms with van der Waals surface area (Å²) in [5, 5.41) is 4.57. The molecule has 1 saturated heterocycles. The largest absolute Gasteiger partial charge is 0.496 e. The predicted octanol–water partition coefficient (Wildman–Crippen LogP) is 1.89. The minimum atomic E-state index is 0.963. The molecule has 1 aromatic carbocycles. The van der Waals surface area contributed by atoms with Crippen molar-refractivity contribution in [2.75, 3.05) is 33.3 Å². The summed E-state index contributed by atoms with van der Waals surface area (Å²) in [6.45, 7) is 7.41. The smallest absolute Gasteiger partial charge is 0.132 e. The number of ether oxygens (including phenoxy) is 1. The number of aromatic nitrogens is 1. The molecular weight excluding hydrogens is 238 g/mol. The van der Waals surface area contributed by atoms with Crippen LogP contribution in [0.4, 0.5) is 0 Å². The number of hydrogen-bond acceptors (Lipinski definition) is 3. The molecule has 0 bridgehead atoms. The van der Waals surface area contributed by atoms with E-state index in [1.54, 1.807) is 7.11 Å². The van der Waals surface area contributed by atoms with Crippen molar-refractivity contribution < 1.29 is 4.74 Å². The molecule has 102 valence electrons. The lowest BCUT2D eigenvalue weighted by Gasteiger charge is -2.27. The SMILES string of the molecule is COc1c(CN2CCNCC2)ccc2[nH]c(C)cc12. The van der Waals surface area contributed by atoms with Crippen molar-refractivity contribution in [2.45, 2.75) is 13.5 Å². The van der Waals surface area contributed by atoms with E-state index in [0.29, 0.717) is 0 Å². The molecule has 4 heteroatoms. The fraction of sp³-hybridized carbons (Fsp3) is 0.467. The van der Waals surface area contributed by atoms with Gasteiger partial charge in [0.05, 0.1) is 7.11 Å². The molecule has 0 radical (unpaired) electrons. The Morgan fingerprint density at radius 3 is 2.79 bits per heavy atom. The molecule has 0 amide bonds. The fourth-order valence-electron chi connectivity index (χ4n) is 2.84. The van der Waals surface area contributed by atoms with Crippen LogP contribution in [0.25, 0.3) is 10.9 Å². The quantitative estimate of drug-likeness (QED) is 0.884. The van der Waals surface area contributed by atoms with Crippen molar-refractivity contribution >= 4 is 10.9 Å². The summed E-state index contributed by atoms with van der Waals surface area (Å²) in [6.07, 6.45) is 0. The van der Waals surface area contributed by atoms with Crippen LogP contribution in [-0.2, 0) is 6.54 Å². The standard InChI is InChI=1S/C15H21N3O/c1-11-9-13-14(17-11)4-3-12(15(13)19-2)10-18-7-5-16-6-8-18/h3-4,9,16-17H,5-8,10H2,1-2H3. The highest BCUT2D eigenvalue weighted by atomic mass is 16.5. The fourth-order valence-corrected chi connectivity index (χ4v) is 2.84. The van der Waals surface area contributed by atoms with E-state index in [-0.39, 0.29) is 0 Å². The Kier molecular flexibility index (Phi) is 3.44. The van der Waals surface area contributed by atoms with E-state index < -0.39 is 0 Å². The molecule has 0 unspecified atom stereocenters. The minimum absolute atomic E-state index is 0.963. The Bertz CT molecular complexity index is 570. The number of rotatable bonds is 3. The van der Waals surface area contributed by atoms with Crippen LogP contribution in [0.1, 0.15) is 11.3 Å². The maximum absolute atomic E-state index is 5.65. The van der Waals surface area contributed by atoms with Crippen LogP contribution in [0.5, 0.6) is 5.75 Å². The van der Waals surface area contributed by atoms with Crippen LogP contribution < -0.4 is 10.1 Å². The third-order valence-electron chi connectivity index (χ3n) is 3.78. The summed E-state index contributed by atoms with van der Waals surface area (Å²) in [6, 6.07) is 6.50. The number of hydrogen-bond donors (Lipinski definition) is 2. The molecule has 4 nitrogen and oxygen atoms in total. The summed E-state index contributed by atoms with van der Waals surface area (Å²) < 4.78 is 5.65. The molecule has 3 rings (SSSR count). The summed E-state index contributed by atoms with van der Waals surface area (Å²) in [5.41, 5.74) is 3.60. The topological polar surface area (TPSA) is 40.3 Å². The van der Waals surface area contributed by atoms with Gasteiger partial charge in [-0.05, 0) is 19.1 Å². The zero-order chi connectivity index (χ0) is 13.2. The van der Waals surface area contributed by atoms with Crippen molar-refractivity contribution in [3.8, 4) is 5.75 Å². The summed E-state index contributed by atoms with van der Waals surface area (Å²) in [4.78, 5) is 5.83. The lowest BCUT2D eigenvalue weighted by atomic mass is 10.1. The molecule has 19 heavy (non-hydrogen) atoms. The van der Waals surface area contributed by atoms with Crippen LogP contribution in [-0.4, -0.2) is 43.2 Å². The van der Waals surface area contributed by atoms with Crippen molar-refractivity contribution in [2.24, 2.45) is 0 Å². The van der Waals surface area contributed by atoms with Gasteiger partial charge >= 0.3 is 0 Å². The van der Waals surface area contributed by atoms with Gasteiger partial charge in [-0.3, -0.25) is 4.90 Å². The molecule has 1 aromatic heterocycles. The molecule has 1 aliphatic heterocycles. The summed E-state index contributed by atoms with van der Waals surface area (Å²) in [5.74, 6) is 1.01. The predicted molar refractivity (Wildman–Crippen MR) is 77.7 cm³/mol. The second-order valence-electron chi connectivity index (χ2n) is 5.20. The summed E-state index contributed by atoms with van der Waals surface area (Å²) >= 11 is 0. The van der Waals surface area contributed by atoms with E-state index in [1.807, 2.05) is 0 Å². The molecule has 0 spiro atoms. The van der Waals surface area contributed by atoms with Crippen molar-refractivity contribution in [3.63, 3.8) is 0 Å². The third kappa shape index (κ3) is 2.46. The molecular formula is C15H21N3O. The van der Waals surface area contributed by atoms with Gasteiger partial charge in [-0.25, -0.2) is 0 Å². The average molecular weight is 259 g/mol. The Hall–Kier alpha value is -1.52. The van der Waals surface area contributed by atoms with Crippen LogP contribution >= 0.6 is 0 Å². The zero-order valence-corrected chi connectivity index (χ0v) is 11.6. The van der Waals surface area contributed by atoms with Crippen LogP contribution in [0.15, 0.2) is 18.2 Å². The number of aromatic amines is 1. The Morgan fingerprint density at radius 1 is 1.26 bits per heavy atom. The highest BCUT2D eigenvalue weighted by Crippen LogP contribution is 2.31. The van der Waals surface area contributed by atoms with Crippen LogP contribution in [0.3, 0.4) is 0 Å². The van der Waals surface area contributed by atoms with E-state index in [2.05, 4.69) is 40.3 Å². The molecule has 0 saturated carbocycles. The molecule has 0 aliphatic carbocycles. The summed E-state index contributed by atoms with van der Waals surface area (Å²) in [7, 11) is 1.76. The minimum Gasteiger partial charge on any atom is -0.496 e. The third-order valence-corrected chi connectivity index (χ3v) is 3.78. The van der Waals surface area contributed by atoms with Gasteiger partial charge in [0, 0.05) is 54.9 Å². The van der Waals surface area contributed by atoms with E-state index in [9.17, 15) is 0 Å². The first kappa shape index (κ1) is 12.5. The molecule has 2 aromatic rings. The Balaban J connectivity index is 1.93. The average Bonchev–Trinajstić information content (AvgIpc) is 2.80. The van der Waals surface area contributed by atoms with Crippen LogP contribution in [0.2, 0.25) is 0 Å². The number of benzene rings is 1. The Labute approximate surface area is 113 Å². The van der Waals surface area contributed by atoms with E-state index >= 15 is 0 Å². The first-order chi connectivity index (χ1) is 9.28. The van der Waals surface area contributed by atoms with Crippen LogP contribution in [0, 0.1) is 6.92 Å². The van der Waals surface area contributed by atoms with Gasteiger partial charge in [0.1, 0.15) is 5.75 Å². The number of aryl methyl sites for hydroxylation is 1. The van der Waals surface area contributed by atoms with Gasteiger partial charge in [0.25, 0.3) is 0 Å². The molecule has 2 N–H and O–H groups in total. The monoisotopic (exact) mass is 259 g/mol. The van der Waals surface area contributed by atoms with Gasteiger partial charge in [0.15, 0.2) is 0 Å².